The molecule has 278 valence electrons. The molecule has 11 rings (SSSR count). The van der Waals surface area contributed by atoms with Crippen LogP contribution in [0.3, 0.4) is 0 Å². The highest BCUT2D eigenvalue weighted by Crippen LogP contribution is 2.54. The van der Waals surface area contributed by atoms with E-state index in [0.29, 0.717) is 5.82 Å². The molecule has 0 saturated carbocycles. The van der Waals surface area contributed by atoms with Crippen LogP contribution in [0.5, 0.6) is 0 Å². The number of hydrogen-bond acceptors (Lipinski definition) is 2. The average Bonchev–Trinajstić information content (AvgIpc) is 3.53. The summed E-state index contributed by atoms with van der Waals surface area (Å²) in [5.41, 5.74) is 16.9. The van der Waals surface area contributed by atoms with Crippen LogP contribution in [0.15, 0.2) is 206 Å². The maximum absolute atomic E-state index is 5.62. The Kier molecular flexibility index (Phi) is 8.20. The summed E-state index contributed by atoms with van der Waals surface area (Å²) >= 11 is 0. The third-order valence-corrected chi connectivity index (χ3v) is 12.3. The maximum Gasteiger partial charge on any atom is 0.161 e. The van der Waals surface area contributed by atoms with Crippen molar-refractivity contribution in [2.45, 2.75) is 19.3 Å². The van der Waals surface area contributed by atoms with Gasteiger partial charge < -0.3 is 0 Å². The van der Waals surface area contributed by atoms with E-state index in [1.807, 2.05) is 0 Å². The summed E-state index contributed by atoms with van der Waals surface area (Å²) in [5.74, 6) is 0.698. The van der Waals surface area contributed by atoms with Crippen molar-refractivity contribution < 1.29 is 0 Å². The SMILES string of the molecule is CC1(C)c2cc3ccccc3cc2-c2c(-c3ccc4ccccc4c3-c3nc(-c4ccccc4-c4ccccc4)cc(-c4ccccc4-c4ccccc4)n3)cccc21. The molecule has 0 radical (unpaired) electrons. The van der Waals surface area contributed by atoms with E-state index in [1.54, 1.807) is 0 Å². The Morgan fingerprint density at radius 2 is 0.814 bits per heavy atom. The molecule has 0 N–H and O–H groups in total. The van der Waals surface area contributed by atoms with E-state index in [4.69, 9.17) is 9.97 Å². The van der Waals surface area contributed by atoms with Gasteiger partial charge >= 0.3 is 0 Å². The van der Waals surface area contributed by atoms with Crippen LogP contribution in [0.25, 0.3) is 100.0 Å². The molecule has 0 unspecified atom stereocenters. The molecule has 1 heterocycles. The molecule has 0 aliphatic heterocycles. The minimum Gasteiger partial charge on any atom is -0.228 e. The first kappa shape index (κ1) is 34.8. The highest BCUT2D eigenvalue weighted by molar-refractivity contribution is 6.07. The minimum atomic E-state index is -0.173. The molecule has 10 aromatic rings. The van der Waals surface area contributed by atoms with E-state index in [1.165, 1.54) is 38.6 Å². The highest BCUT2D eigenvalue weighted by Gasteiger charge is 2.37. The Hall–Kier alpha value is -7.42. The van der Waals surface area contributed by atoms with Crippen LogP contribution in [-0.2, 0) is 5.41 Å². The van der Waals surface area contributed by atoms with Crippen molar-refractivity contribution >= 4 is 21.5 Å². The van der Waals surface area contributed by atoms with Crippen molar-refractivity contribution in [1.82, 2.24) is 9.97 Å². The predicted molar refractivity (Wildman–Crippen MR) is 247 cm³/mol. The Morgan fingerprint density at radius 1 is 0.322 bits per heavy atom. The van der Waals surface area contributed by atoms with Crippen LogP contribution in [-0.4, -0.2) is 9.97 Å². The topological polar surface area (TPSA) is 25.8 Å². The minimum absolute atomic E-state index is 0.173. The second kappa shape index (κ2) is 13.9. The summed E-state index contributed by atoms with van der Waals surface area (Å²) in [6.07, 6.45) is 0. The van der Waals surface area contributed by atoms with Crippen molar-refractivity contribution in [2.75, 3.05) is 0 Å². The lowest BCUT2D eigenvalue weighted by molar-refractivity contribution is 0.661. The van der Waals surface area contributed by atoms with Gasteiger partial charge in [-0.2, -0.15) is 0 Å². The molecule has 1 aromatic heterocycles. The summed E-state index contributed by atoms with van der Waals surface area (Å²) in [7, 11) is 0. The van der Waals surface area contributed by atoms with Crippen molar-refractivity contribution in [1.29, 1.82) is 0 Å². The molecule has 0 saturated heterocycles. The van der Waals surface area contributed by atoms with Crippen molar-refractivity contribution in [2.24, 2.45) is 0 Å². The van der Waals surface area contributed by atoms with Gasteiger partial charge in [0.05, 0.1) is 11.4 Å². The molecule has 59 heavy (non-hydrogen) atoms. The lowest BCUT2D eigenvalue weighted by Gasteiger charge is -2.22. The summed E-state index contributed by atoms with van der Waals surface area (Å²) in [4.78, 5) is 11.2. The molecule has 0 atom stereocenters. The molecule has 0 amide bonds. The van der Waals surface area contributed by atoms with Crippen LogP contribution in [0.2, 0.25) is 0 Å². The molecule has 2 nitrogen and oxygen atoms in total. The first-order valence-electron chi connectivity index (χ1n) is 20.4. The van der Waals surface area contributed by atoms with Crippen molar-refractivity contribution in [3.05, 3.63) is 217 Å². The van der Waals surface area contributed by atoms with Gasteiger partial charge in [0.25, 0.3) is 0 Å². The predicted octanol–water partition coefficient (Wildman–Crippen LogP) is 15.1. The molecule has 9 aromatic carbocycles. The fraction of sp³-hybridized carbons (Fsp3) is 0.0526. The van der Waals surface area contributed by atoms with Gasteiger partial charge in [-0.05, 0) is 95.4 Å². The average molecular weight is 753 g/mol. The van der Waals surface area contributed by atoms with E-state index >= 15 is 0 Å². The number of benzene rings is 9. The van der Waals surface area contributed by atoms with Gasteiger partial charge in [0.1, 0.15) is 0 Å². The summed E-state index contributed by atoms with van der Waals surface area (Å²) in [6, 6.07) is 74.3. The van der Waals surface area contributed by atoms with Gasteiger partial charge in [-0.15, -0.1) is 0 Å². The number of rotatable bonds is 6. The smallest absolute Gasteiger partial charge is 0.161 e. The first-order valence-corrected chi connectivity index (χ1v) is 20.4. The largest absolute Gasteiger partial charge is 0.228 e. The fourth-order valence-corrected chi connectivity index (χ4v) is 9.42. The second-order valence-electron chi connectivity index (χ2n) is 16.1. The zero-order chi connectivity index (χ0) is 39.5. The maximum atomic E-state index is 5.62. The van der Waals surface area contributed by atoms with Gasteiger partial charge in [0.15, 0.2) is 5.82 Å². The zero-order valence-electron chi connectivity index (χ0n) is 33.0. The van der Waals surface area contributed by atoms with Gasteiger partial charge in [0, 0.05) is 22.1 Å². The molecule has 1 aliphatic rings. The lowest BCUT2D eigenvalue weighted by Crippen LogP contribution is -2.14. The van der Waals surface area contributed by atoms with Crippen LogP contribution in [0.1, 0.15) is 25.0 Å². The standard InChI is InChI=1S/C57H40N2/c1-57(2)50-31-17-30-47(54(50)49-34-40-23-9-10-24-41(40)35-51(49)57)48-33-32-39-22-11-12-27-44(39)55(48)56-58-52(45-28-15-13-25-42(45)37-18-5-3-6-19-37)36-53(59-56)46-29-16-14-26-43(46)38-20-7-4-8-21-38/h3-36H,1-2H3. The van der Waals surface area contributed by atoms with E-state index in [2.05, 4.69) is 220 Å². The summed E-state index contributed by atoms with van der Waals surface area (Å²) in [6.45, 7) is 4.73. The molecule has 0 bridgehead atoms. The molecule has 0 spiro atoms. The van der Waals surface area contributed by atoms with Crippen LogP contribution >= 0.6 is 0 Å². The van der Waals surface area contributed by atoms with E-state index in [-0.39, 0.29) is 5.41 Å². The summed E-state index contributed by atoms with van der Waals surface area (Å²) < 4.78 is 0. The van der Waals surface area contributed by atoms with Crippen molar-refractivity contribution in [3.63, 3.8) is 0 Å². The normalized spacial score (nSPS) is 12.7. The number of fused-ring (bicyclic) bond motifs is 5. The molecular weight excluding hydrogens is 713 g/mol. The Balaban J connectivity index is 1.22. The molecule has 2 heteroatoms. The third kappa shape index (κ3) is 5.79. The quantitative estimate of drug-likeness (QED) is 0.169. The van der Waals surface area contributed by atoms with Crippen LogP contribution in [0.4, 0.5) is 0 Å². The Morgan fingerprint density at radius 3 is 1.44 bits per heavy atom. The Bertz CT molecular complexity index is 3130. The molecule has 1 aliphatic carbocycles. The van der Waals surface area contributed by atoms with Gasteiger partial charge in [0.2, 0.25) is 0 Å². The summed E-state index contributed by atoms with van der Waals surface area (Å²) in [5, 5.41) is 4.78. The lowest BCUT2D eigenvalue weighted by atomic mass is 9.81. The third-order valence-electron chi connectivity index (χ3n) is 12.3. The fourth-order valence-electron chi connectivity index (χ4n) is 9.42. The highest BCUT2D eigenvalue weighted by atomic mass is 14.9. The first-order chi connectivity index (χ1) is 29.0. The number of nitrogens with zero attached hydrogens (tertiary/aromatic N) is 2. The molecular formula is C57H40N2. The monoisotopic (exact) mass is 752 g/mol. The Labute approximate surface area is 345 Å². The van der Waals surface area contributed by atoms with Gasteiger partial charge in [-0.1, -0.05) is 202 Å². The van der Waals surface area contributed by atoms with Crippen molar-refractivity contribution in [3.8, 4) is 78.4 Å². The number of hydrogen-bond donors (Lipinski definition) is 0. The zero-order valence-corrected chi connectivity index (χ0v) is 33.0. The van der Waals surface area contributed by atoms with Gasteiger partial charge in [-0.3, -0.25) is 0 Å². The second-order valence-corrected chi connectivity index (χ2v) is 16.1. The van der Waals surface area contributed by atoms with Gasteiger partial charge in [-0.25, -0.2) is 9.97 Å². The molecule has 0 fully saturated rings. The van der Waals surface area contributed by atoms with E-state index in [0.717, 1.165) is 66.7 Å². The van der Waals surface area contributed by atoms with Crippen LogP contribution < -0.4 is 0 Å². The van der Waals surface area contributed by atoms with E-state index in [9.17, 15) is 0 Å². The van der Waals surface area contributed by atoms with Crippen LogP contribution in [0, 0.1) is 0 Å². The van der Waals surface area contributed by atoms with E-state index < -0.39 is 0 Å². The number of aromatic nitrogens is 2.